The molecule has 0 saturated carbocycles. The highest BCUT2D eigenvalue weighted by Gasteiger charge is 2.10. The average molecular weight is 342 g/mol. The van der Waals surface area contributed by atoms with Crippen molar-refractivity contribution in [1.29, 1.82) is 0 Å². The summed E-state index contributed by atoms with van der Waals surface area (Å²) in [5.74, 6) is -0.314. The molecule has 2 rings (SSSR count). The first-order valence-corrected chi connectivity index (χ1v) is 8.32. The number of hydrogen-bond acceptors (Lipinski definition) is 3. The van der Waals surface area contributed by atoms with E-state index in [1.165, 1.54) is 0 Å². The van der Waals surface area contributed by atoms with Gasteiger partial charge in [-0.1, -0.05) is 30.3 Å². The Hall–Kier alpha value is -2.40. The van der Waals surface area contributed by atoms with Gasteiger partial charge in [0.2, 0.25) is 0 Å². The molecule has 2 aromatic rings. The van der Waals surface area contributed by atoms with Crippen LogP contribution in [0.1, 0.15) is 41.4 Å². The van der Waals surface area contributed by atoms with Crippen molar-refractivity contribution in [2.75, 3.05) is 11.9 Å². The third-order valence-electron chi connectivity index (χ3n) is 3.63. The molecule has 0 aliphatic carbocycles. The molecule has 1 atom stereocenters. The van der Waals surface area contributed by atoms with Crippen molar-refractivity contribution in [3.05, 3.63) is 65.2 Å². The van der Waals surface area contributed by atoms with Gasteiger partial charge in [-0.15, -0.1) is 0 Å². The van der Waals surface area contributed by atoms with Crippen LogP contribution in [0.25, 0.3) is 0 Å². The summed E-state index contributed by atoms with van der Waals surface area (Å²) in [6.07, 6.45) is 0. The van der Waals surface area contributed by atoms with E-state index in [1.807, 2.05) is 31.2 Å². The molecule has 0 aliphatic rings. The van der Waals surface area contributed by atoms with Crippen LogP contribution in [-0.2, 0) is 4.74 Å². The Bertz CT molecular complexity index is 717. The molecule has 5 heteroatoms. The number of thiocarbonyl (C=S) groups is 1. The fourth-order valence-electron chi connectivity index (χ4n) is 2.33. The maximum atomic E-state index is 11.8. The predicted molar refractivity (Wildman–Crippen MR) is 101 cm³/mol. The van der Waals surface area contributed by atoms with Gasteiger partial charge in [-0.25, -0.2) is 4.79 Å². The second-order valence-corrected chi connectivity index (χ2v) is 5.89. The number of aryl methyl sites for hydroxylation is 1. The van der Waals surface area contributed by atoms with E-state index < -0.39 is 0 Å². The summed E-state index contributed by atoms with van der Waals surface area (Å²) in [4.78, 5) is 11.8. The highest BCUT2D eigenvalue weighted by Crippen LogP contribution is 2.18. The van der Waals surface area contributed by atoms with Crippen molar-refractivity contribution < 1.29 is 9.53 Å². The molecule has 24 heavy (non-hydrogen) atoms. The van der Waals surface area contributed by atoms with E-state index in [0.717, 1.165) is 16.8 Å². The molecular weight excluding hydrogens is 320 g/mol. The largest absolute Gasteiger partial charge is 0.462 e. The monoisotopic (exact) mass is 342 g/mol. The van der Waals surface area contributed by atoms with Gasteiger partial charge >= 0.3 is 5.97 Å². The molecule has 0 bridgehead atoms. The molecule has 0 aromatic heterocycles. The lowest BCUT2D eigenvalue weighted by molar-refractivity contribution is 0.0526. The molecule has 0 amide bonds. The minimum atomic E-state index is -0.314. The zero-order valence-corrected chi connectivity index (χ0v) is 14.9. The Morgan fingerprint density at radius 2 is 1.92 bits per heavy atom. The Labute approximate surface area is 148 Å². The second-order valence-electron chi connectivity index (χ2n) is 5.48. The number of benzene rings is 2. The smallest absolute Gasteiger partial charge is 0.338 e. The highest BCUT2D eigenvalue weighted by molar-refractivity contribution is 7.80. The van der Waals surface area contributed by atoms with Gasteiger partial charge in [0.25, 0.3) is 0 Å². The number of carbonyl (C=O) groups is 1. The van der Waals surface area contributed by atoms with Crippen molar-refractivity contribution in [2.45, 2.75) is 26.8 Å². The zero-order valence-electron chi connectivity index (χ0n) is 14.1. The fourth-order valence-corrected chi connectivity index (χ4v) is 2.61. The van der Waals surface area contributed by atoms with E-state index in [-0.39, 0.29) is 12.0 Å². The van der Waals surface area contributed by atoms with Crippen molar-refractivity contribution in [3.63, 3.8) is 0 Å². The van der Waals surface area contributed by atoms with Gasteiger partial charge < -0.3 is 15.4 Å². The van der Waals surface area contributed by atoms with Crippen LogP contribution < -0.4 is 10.6 Å². The van der Waals surface area contributed by atoms with Gasteiger partial charge in [0.05, 0.1) is 18.2 Å². The van der Waals surface area contributed by atoms with Gasteiger partial charge in [-0.2, -0.15) is 0 Å². The minimum absolute atomic E-state index is 0.102. The molecule has 0 heterocycles. The van der Waals surface area contributed by atoms with Crippen LogP contribution in [0.4, 0.5) is 5.69 Å². The number of nitrogens with one attached hydrogen (secondary N) is 2. The average Bonchev–Trinajstić information content (AvgIpc) is 2.57. The van der Waals surface area contributed by atoms with Gasteiger partial charge in [0.15, 0.2) is 5.11 Å². The molecule has 0 spiro atoms. The molecule has 2 N–H and O–H groups in total. The lowest BCUT2D eigenvalue weighted by Crippen LogP contribution is -2.31. The Kier molecular flexibility index (Phi) is 6.32. The van der Waals surface area contributed by atoms with Crippen LogP contribution in [0.2, 0.25) is 0 Å². The van der Waals surface area contributed by atoms with Crippen molar-refractivity contribution in [1.82, 2.24) is 5.32 Å². The van der Waals surface area contributed by atoms with E-state index in [9.17, 15) is 4.79 Å². The second kappa shape index (κ2) is 8.45. The number of anilines is 1. The first kappa shape index (κ1) is 17.9. The topological polar surface area (TPSA) is 50.4 Å². The normalized spacial score (nSPS) is 11.5. The van der Waals surface area contributed by atoms with Gasteiger partial charge in [-0.3, -0.25) is 0 Å². The number of ether oxygens (including phenoxy) is 1. The number of rotatable bonds is 5. The summed E-state index contributed by atoms with van der Waals surface area (Å²) in [6.45, 7) is 6.14. The van der Waals surface area contributed by atoms with Crippen molar-refractivity contribution in [2.24, 2.45) is 0 Å². The van der Waals surface area contributed by atoms with E-state index >= 15 is 0 Å². The molecule has 0 aliphatic heterocycles. The molecule has 2 aromatic carbocycles. The summed E-state index contributed by atoms with van der Waals surface area (Å²) < 4.78 is 5.01. The Morgan fingerprint density at radius 3 is 2.54 bits per heavy atom. The van der Waals surface area contributed by atoms with Crippen LogP contribution in [0.15, 0.2) is 48.5 Å². The Morgan fingerprint density at radius 1 is 1.21 bits per heavy atom. The number of carbonyl (C=O) groups excluding carboxylic acids is 1. The summed E-state index contributed by atoms with van der Waals surface area (Å²) in [7, 11) is 0. The molecule has 1 unspecified atom stereocenters. The van der Waals surface area contributed by atoms with Crippen LogP contribution in [0.5, 0.6) is 0 Å². The van der Waals surface area contributed by atoms with Crippen LogP contribution in [-0.4, -0.2) is 17.7 Å². The van der Waals surface area contributed by atoms with Gasteiger partial charge in [-0.05, 0) is 62.3 Å². The Balaban J connectivity index is 2.00. The van der Waals surface area contributed by atoms with E-state index in [4.69, 9.17) is 17.0 Å². The number of hydrogen-bond donors (Lipinski definition) is 2. The lowest BCUT2D eigenvalue weighted by Gasteiger charge is -2.18. The predicted octanol–water partition coefficient (Wildman–Crippen LogP) is 4.22. The summed E-state index contributed by atoms with van der Waals surface area (Å²) in [5, 5.41) is 6.98. The molecule has 0 fully saturated rings. The summed E-state index contributed by atoms with van der Waals surface area (Å²) in [5.41, 5.74) is 3.49. The first-order chi connectivity index (χ1) is 11.5. The molecule has 4 nitrogen and oxygen atoms in total. The van der Waals surface area contributed by atoms with Crippen LogP contribution in [0.3, 0.4) is 0 Å². The zero-order chi connectivity index (χ0) is 17.5. The third kappa shape index (κ3) is 4.80. The fraction of sp³-hybridized carbons (Fsp3) is 0.263. The maximum absolute atomic E-state index is 11.8. The lowest BCUT2D eigenvalue weighted by atomic mass is 10.1. The highest BCUT2D eigenvalue weighted by atomic mass is 32.1. The van der Waals surface area contributed by atoms with Gasteiger partial charge in [0.1, 0.15) is 0 Å². The first-order valence-electron chi connectivity index (χ1n) is 7.91. The van der Waals surface area contributed by atoms with E-state index in [1.54, 1.807) is 19.1 Å². The summed E-state index contributed by atoms with van der Waals surface area (Å²) in [6, 6.07) is 15.6. The molecule has 0 saturated heterocycles. The van der Waals surface area contributed by atoms with Gasteiger partial charge in [0, 0.05) is 5.69 Å². The van der Waals surface area contributed by atoms with E-state index in [0.29, 0.717) is 17.3 Å². The summed E-state index contributed by atoms with van der Waals surface area (Å²) >= 11 is 5.38. The quantitative estimate of drug-likeness (QED) is 0.629. The van der Waals surface area contributed by atoms with Crippen LogP contribution >= 0.6 is 12.2 Å². The SMILES string of the molecule is CCOC(=O)c1ccc(NC(=S)NC(C)c2ccccc2)c(C)c1. The van der Waals surface area contributed by atoms with E-state index in [2.05, 4.69) is 29.7 Å². The minimum Gasteiger partial charge on any atom is -0.462 e. The van der Waals surface area contributed by atoms with Crippen molar-refractivity contribution in [3.8, 4) is 0 Å². The molecule has 0 radical (unpaired) electrons. The standard InChI is InChI=1S/C19H22N2O2S/c1-4-23-18(22)16-10-11-17(13(2)12-16)21-19(24)20-14(3)15-8-6-5-7-9-15/h5-12,14H,4H2,1-3H3,(H2,20,21,24). The molecule has 126 valence electrons. The van der Waals surface area contributed by atoms with Crippen molar-refractivity contribution >= 4 is 29.0 Å². The van der Waals surface area contributed by atoms with Crippen LogP contribution in [0, 0.1) is 6.92 Å². The number of esters is 1. The third-order valence-corrected chi connectivity index (χ3v) is 3.85. The molecular formula is C19H22N2O2S. The maximum Gasteiger partial charge on any atom is 0.338 e.